The molecule has 2 aromatic heterocycles. The van der Waals surface area contributed by atoms with Crippen LogP contribution in [0.4, 0.5) is 0 Å². The highest BCUT2D eigenvalue weighted by Gasteiger charge is 2.31. The third-order valence-electron chi connectivity index (χ3n) is 5.19. The van der Waals surface area contributed by atoms with Gasteiger partial charge >= 0.3 is 0 Å². The van der Waals surface area contributed by atoms with Crippen LogP contribution < -0.4 is 5.32 Å². The molecule has 3 heterocycles. The fraction of sp³-hybridized carbons (Fsp3) is 0.400. The van der Waals surface area contributed by atoms with Gasteiger partial charge in [0, 0.05) is 49.9 Å². The van der Waals surface area contributed by atoms with Gasteiger partial charge in [0.1, 0.15) is 11.9 Å². The smallest absolute Gasteiger partial charge is 0.122 e. The van der Waals surface area contributed by atoms with Crippen molar-refractivity contribution in [2.45, 2.75) is 38.6 Å². The SMILES string of the molecule is Cc1c([C@H]2OCC[C@@H]2NCc2nccn2Cc2ccccc2)cnn1C. The van der Waals surface area contributed by atoms with Crippen molar-refractivity contribution < 1.29 is 4.74 Å². The third-order valence-corrected chi connectivity index (χ3v) is 5.19. The highest BCUT2D eigenvalue weighted by Crippen LogP contribution is 2.31. The quantitative estimate of drug-likeness (QED) is 0.742. The summed E-state index contributed by atoms with van der Waals surface area (Å²) in [5.74, 6) is 1.04. The van der Waals surface area contributed by atoms with Gasteiger partial charge in [-0.2, -0.15) is 5.10 Å². The first-order valence-corrected chi connectivity index (χ1v) is 9.10. The maximum absolute atomic E-state index is 6.00. The van der Waals surface area contributed by atoms with Crippen molar-refractivity contribution in [3.63, 3.8) is 0 Å². The summed E-state index contributed by atoms with van der Waals surface area (Å²) in [5.41, 5.74) is 3.62. The van der Waals surface area contributed by atoms with E-state index < -0.39 is 0 Å². The van der Waals surface area contributed by atoms with Crippen molar-refractivity contribution in [3.05, 3.63) is 71.6 Å². The van der Waals surface area contributed by atoms with Gasteiger partial charge in [-0.1, -0.05) is 30.3 Å². The van der Waals surface area contributed by atoms with E-state index in [1.54, 1.807) is 0 Å². The fourth-order valence-electron chi connectivity index (χ4n) is 3.55. The summed E-state index contributed by atoms with van der Waals surface area (Å²) in [5, 5.41) is 8.01. The van der Waals surface area contributed by atoms with Gasteiger partial charge in [0.15, 0.2) is 0 Å². The first-order valence-electron chi connectivity index (χ1n) is 9.10. The highest BCUT2D eigenvalue weighted by atomic mass is 16.5. The summed E-state index contributed by atoms with van der Waals surface area (Å²) in [6.45, 7) is 4.43. The van der Waals surface area contributed by atoms with Crippen LogP contribution in [-0.2, 0) is 24.9 Å². The first kappa shape index (κ1) is 17.0. The molecule has 6 heteroatoms. The molecule has 0 amide bonds. The van der Waals surface area contributed by atoms with Crippen LogP contribution >= 0.6 is 0 Å². The topological polar surface area (TPSA) is 56.9 Å². The Morgan fingerprint density at radius 1 is 1.27 bits per heavy atom. The summed E-state index contributed by atoms with van der Waals surface area (Å²) >= 11 is 0. The molecule has 3 aromatic rings. The normalized spacial score (nSPS) is 19.9. The summed E-state index contributed by atoms with van der Waals surface area (Å²) in [6, 6.07) is 10.7. The minimum Gasteiger partial charge on any atom is -0.372 e. The molecule has 0 radical (unpaired) electrons. The largest absolute Gasteiger partial charge is 0.372 e. The Morgan fingerprint density at radius 2 is 2.12 bits per heavy atom. The predicted octanol–water partition coefficient (Wildman–Crippen LogP) is 2.59. The van der Waals surface area contributed by atoms with Crippen molar-refractivity contribution in [1.82, 2.24) is 24.6 Å². The summed E-state index contributed by atoms with van der Waals surface area (Å²) < 4.78 is 10.1. The van der Waals surface area contributed by atoms with Gasteiger partial charge in [-0.15, -0.1) is 0 Å². The van der Waals surface area contributed by atoms with E-state index in [2.05, 4.69) is 51.2 Å². The molecule has 1 aromatic carbocycles. The summed E-state index contributed by atoms with van der Waals surface area (Å²) in [7, 11) is 1.97. The summed E-state index contributed by atoms with van der Waals surface area (Å²) in [4.78, 5) is 4.54. The number of aromatic nitrogens is 4. The molecule has 4 rings (SSSR count). The van der Waals surface area contributed by atoms with Gasteiger partial charge in [0.05, 0.1) is 12.7 Å². The fourth-order valence-corrected chi connectivity index (χ4v) is 3.55. The number of hydrogen-bond acceptors (Lipinski definition) is 4. The molecule has 0 spiro atoms. The lowest BCUT2D eigenvalue weighted by Gasteiger charge is -2.20. The van der Waals surface area contributed by atoms with E-state index in [4.69, 9.17) is 4.74 Å². The molecule has 0 bridgehead atoms. The molecule has 26 heavy (non-hydrogen) atoms. The van der Waals surface area contributed by atoms with Crippen molar-refractivity contribution >= 4 is 0 Å². The van der Waals surface area contributed by atoms with Crippen molar-refractivity contribution in [1.29, 1.82) is 0 Å². The van der Waals surface area contributed by atoms with Crippen LogP contribution in [0.25, 0.3) is 0 Å². The van der Waals surface area contributed by atoms with E-state index in [9.17, 15) is 0 Å². The molecule has 1 saturated heterocycles. The molecule has 0 aliphatic carbocycles. The maximum Gasteiger partial charge on any atom is 0.122 e. The number of hydrogen-bond donors (Lipinski definition) is 1. The van der Waals surface area contributed by atoms with Crippen LogP contribution in [-0.4, -0.2) is 32.0 Å². The number of benzene rings is 1. The molecular formula is C20H25N5O. The molecule has 1 aliphatic rings. The Morgan fingerprint density at radius 3 is 2.88 bits per heavy atom. The lowest BCUT2D eigenvalue weighted by atomic mass is 10.0. The Bertz CT molecular complexity index is 854. The lowest BCUT2D eigenvalue weighted by molar-refractivity contribution is 0.0977. The van der Waals surface area contributed by atoms with Crippen LogP contribution in [0.15, 0.2) is 48.9 Å². The van der Waals surface area contributed by atoms with Gasteiger partial charge in [0.25, 0.3) is 0 Å². The van der Waals surface area contributed by atoms with E-state index in [-0.39, 0.29) is 12.1 Å². The highest BCUT2D eigenvalue weighted by molar-refractivity contribution is 5.22. The van der Waals surface area contributed by atoms with Gasteiger partial charge in [-0.05, 0) is 18.9 Å². The first-order chi connectivity index (χ1) is 12.7. The molecule has 2 atom stereocenters. The van der Waals surface area contributed by atoms with E-state index in [0.29, 0.717) is 0 Å². The van der Waals surface area contributed by atoms with Crippen LogP contribution in [0, 0.1) is 6.92 Å². The average molecular weight is 351 g/mol. The third kappa shape index (κ3) is 3.43. The number of nitrogens with zero attached hydrogens (tertiary/aromatic N) is 4. The standard InChI is InChI=1S/C20H25N5O/c1-15-17(12-23-24(15)2)20-18(8-11-26-20)22-13-19-21-9-10-25(19)14-16-6-4-3-5-7-16/h3-7,9-10,12,18,20,22H,8,11,13-14H2,1-2H3/t18-,20+/m0/s1. The molecule has 0 unspecified atom stereocenters. The summed E-state index contributed by atoms with van der Waals surface area (Å²) in [6.07, 6.45) is 6.89. The zero-order valence-corrected chi connectivity index (χ0v) is 15.3. The van der Waals surface area contributed by atoms with Crippen molar-refractivity contribution in [3.8, 4) is 0 Å². The van der Waals surface area contributed by atoms with Crippen LogP contribution in [0.1, 0.15) is 35.2 Å². The molecular weight excluding hydrogens is 326 g/mol. The Balaban J connectivity index is 1.43. The number of rotatable bonds is 6. The number of aryl methyl sites for hydroxylation is 1. The van der Waals surface area contributed by atoms with Crippen molar-refractivity contribution in [2.75, 3.05) is 6.61 Å². The van der Waals surface area contributed by atoms with Gasteiger partial charge in [0.2, 0.25) is 0 Å². The second-order valence-electron chi connectivity index (χ2n) is 6.83. The van der Waals surface area contributed by atoms with Gasteiger partial charge < -0.3 is 14.6 Å². The molecule has 1 fully saturated rings. The minimum absolute atomic E-state index is 0.0567. The predicted molar refractivity (Wildman–Crippen MR) is 99.7 cm³/mol. The monoisotopic (exact) mass is 351 g/mol. The van der Waals surface area contributed by atoms with Crippen LogP contribution in [0.5, 0.6) is 0 Å². The van der Waals surface area contributed by atoms with Crippen molar-refractivity contribution in [2.24, 2.45) is 7.05 Å². The van der Waals surface area contributed by atoms with Gasteiger partial charge in [-0.3, -0.25) is 4.68 Å². The molecule has 6 nitrogen and oxygen atoms in total. The van der Waals surface area contributed by atoms with E-state index >= 15 is 0 Å². The molecule has 1 N–H and O–H groups in total. The lowest BCUT2D eigenvalue weighted by Crippen LogP contribution is -2.32. The van der Waals surface area contributed by atoms with Crippen LogP contribution in [0.2, 0.25) is 0 Å². The minimum atomic E-state index is 0.0567. The second-order valence-corrected chi connectivity index (χ2v) is 6.83. The zero-order valence-electron chi connectivity index (χ0n) is 15.3. The Kier molecular flexibility index (Phi) is 4.86. The second kappa shape index (κ2) is 7.43. The Labute approximate surface area is 153 Å². The van der Waals surface area contributed by atoms with E-state index in [0.717, 1.165) is 37.6 Å². The molecule has 136 valence electrons. The molecule has 1 aliphatic heterocycles. The number of imidazole rings is 1. The van der Waals surface area contributed by atoms with Crippen LogP contribution in [0.3, 0.4) is 0 Å². The molecule has 0 saturated carbocycles. The number of ether oxygens (including phenoxy) is 1. The number of nitrogens with one attached hydrogen (secondary N) is 1. The van der Waals surface area contributed by atoms with Gasteiger partial charge in [-0.25, -0.2) is 4.98 Å². The maximum atomic E-state index is 6.00. The van der Waals surface area contributed by atoms with E-state index in [1.807, 2.05) is 36.4 Å². The zero-order chi connectivity index (χ0) is 17.9. The Hall–Kier alpha value is -2.44. The average Bonchev–Trinajstić information content (AvgIpc) is 3.36. The van der Waals surface area contributed by atoms with E-state index in [1.165, 1.54) is 11.1 Å².